The quantitative estimate of drug-likeness (QED) is 0.170. The second kappa shape index (κ2) is 12.1. The van der Waals surface area contributed by atoms with Crippen LogP contribution >= 0.6 is 11.3 Å². The number of hydrogen-bond donors (Lipinski definition) is 0. The van der Waals surface area contributed by atoms with Gasteiger partial charge in [-0.3, -0.25) is 0 Å². The molecule has 56 heavy (non-hydrogen) atoms. The van der Waals surface area contributed by atoms with Gasteiger partial charge >= 0.3 is 0 Å². The summed E-state index contributed by atoms with van der Waals surface area (Å²) in [7, 11) is 0. The molecule has 0 amide bonds. The lowest BCUT2D eigenvalue weighted by atomic mass is 9.82. The first kappa shape index (κ1) is 33.1. The maximum absolute atomic E-state index is 2.51. The molecule has 0 unspecified atom stereocenters. The average Bonchev–Trinajstić information content (AvgIpc) is 3.82. The fraction of sp³-hybridized carbons (Fsp3) is 0.111. The molecule has 1 aromatic heterocycles. The van der Waals surface area contributed by atoms with Gasteiger partial charge in [-0.25, -0.2) is 0 Å². The Morgan fingerprint density at radius 3 is 1.59 bits per heavy atom. The summed E-state index contributed by atoms with van der Waals surface area (Å²) in [5.74, 6) is 0. The molecule has 2 aliphatic rings. The van der Waals surface area contributed by atoms with E-state index in [0.717, 1.165) is 11.4 Å². The molecule has 0 atom stereocenters. The van der Waals surface area contributed by atoms with Crippen molar-refractivity contribution in [2.24, 2.45) is 0 Å². The van der Waals surface area contributed by atoms with Crippen molar-refractivity contribution in [3.8, 4) is 44.5 Å². The Morgan fingerprint density at radius 2 is 0.875 bits per heavy atom. The van der Waals surface area contributed by atoms with Crippen molar-refractivity contribution in [2.45, 2.75) is 38.5 Å². The number of benzene rings is 8. The monoisotopic (exact) mass is 735 g/mol. The maximum Gasteiger partial charge on any atom is 0.0543 e. The van der Waals surface area contributed by atoms with E-state index >= 15 is 0 Å². The van der Waals surface area contributed by atoms with Crippen molar-refractivity contribution in [3.05, 3.63) is 198 Å². The minimum absolute atomic E-state index is 0.0614. The molecule has 0 saturated heterocycles. The zero-order chi connectivity index (χ0) is 37.8. The summed E-state index contributed by atoms with van der Waals surface area (Å²) in [5, 5.41) is 2.64. The molecule has 0 fully saturated rings. The smallest absolute Gasteiger partial charge is 0.0543 e. The van der Waals surface area contributed by atoms with Gasteiger partial charge in [0.05, 0.1) is 5.69 Å². The Labute approximate surface area is 333 Å². The van der Waals surface area contributed by atoms with Crippen molar-refractivity contribution in [3.63, 3.8) is 0 Å². The van der Waals surface area contributed by atoms with Crippen LogP contribution in [0.2, 0.25) is 0 Å². The van der Waals surface area contributed by atoms with E-state index in [4.69, 9.17) is 0 Å². The number of hydrogen-bond acceptors (Lipinski definition) is 2. The van der Waals surface area contributed by atoms with Gasteiger partial charge in [0.25, 0.3) is 0 Å². The van der Waals surface area contributed by atoms with Crippen LogP contribution in [0, 0.1) is 0 Å². The van der Waals surface area contributed by atoms with Crippen LogP contribution in [0.25, 0.3) is 64.7 Å². The van der Waals surface area contributed by atoms with Crippen molar-refractivity contribution >= 4 is 48.6 Å². The molecule has 0 radical (unpaired) electrons. The Bertz CT molecular complexity index is 3050. The third kappa shape index (κ3) is 4.72. The Balaban J connectivity index is 1.14. The third-order valence-electron chi connectivity index (χ3n) is 12.7. The molecule has 2 aliphatic carbocycles. The van der Waals surface area contributed by atoms with Crippen LogP contribution in [0.15, 0.2) is 176 Å². The highest BCUT2D eigenvalue weighted by Gasteiger charge is 2.39. The average molecular weight is 736 g/mol. The summed E-state index contributed by atoms with van der Waals surface area (Å²) < 4.78 is 2.65. The van der Waals surface area contributed by atoms with E-state index in [0.29, 0.717) is 0 Å². The van der Waals surface area contributed by atoms with Gasteiger partial charge in [0.2, 0.25) is 0 Å². The van der Waals surface area contributed by atoms with Gasteiger partial charge in [0, 0.05) is 47.9 Å². The normalized spacial score (nSPS) is 14.4. The number of fused-ring (bicyclic) bond motifs is 9. The van der Waals surface area contributed by atoms with Crippen molar-refractivity contribution < 1.29 is 0 Å². The molecule has 0 saturated carbocycles. The largest absolute Gasteiger partial charge is 0.310 e. The standard InChI is InChI=1S/C54H41NS/c1-53(2)44-26-8-5-21-42(44)50-38(23-14-28-46(50)53)34-16-11-18-36(32-34)55(48-30-15-29-47-51(48)43-22-6-9-27-45(43)54(47,3)4)37-19-12-17-35(33-37)39-24-13-25-41-40-20-7-10-31-49(40)56-52(39)41/h5-33H,1-4H3. The molecule has 11 rings (SSSR count). The number of thiophene rings is 1. The molecule has 268 valence electrons. The van der Waals surface area contributed by atoms with Crippen LogP contribution in [-0.2, 0) is 10.8 Å². The fourth-order valence-corrected chi connectivity index (χ4v) is 11.2. The second-order valence-corrected chi connectivity index (χ2v) is 17.5. The summed E-state index contributed by atoms with van der Waals surface area (Å²) in [6, 6.07) is 65.7. The molecule has 1 heterocycles. The number of anilines is 3. The van der Waals surface area contributed by atoms with E-state index in [2.05, 4.69) is 209 Å². The van der Waals surface area contributed by atoms with Gasteiger partial charge in [0.1, 0.15) is 0 Å². The van der Waals surface area contributed by atoms with Gasteiger partial charge in [-0.05, 0) is 97.6 Å². The van der Waals surface area contributed by atoms with E-state index in [9.17, 15) is 0 Å². The predicted molar refractivity (Wildman–Crippen MR) is 240 cm³/mol. The third-order valence-corrected chi connectivity index (χ3v) is 13.9. The minimum Gasteiger partial charge on any atom is -0.310 e. The van der Waals surface area contributed by atoms with Crippen LogP contribution in [0.1, 0.15) is 49.9 Å². The van der Waals surface area contributed by atoms with E-state index in [1.165, 1.54) is 92.6 Å². The van der Waals surface area contributed by atoms with Crippen LogP contribution < -0.4 is 4.90 Å². The van der Waals surface area contributed by atoms with Crippen LogP contribution in [0.3, 0.4) is 0 Å². The summed E-state index contributed by atoms with van der Waals surface area (Å²) in [6.45, 7) is 9.46. The molecule has 0 N–H and O–H groups in total. The van der Waals surface area contributed by atoms with Gasteiger partial charge < -0.3 is 4.90 Å². The molecule has 1 nitrogen and oxygen atoms in total. The molecule has 0 bridgehead atoms. The molecular formula is C54H41NS. The lowest BCUT2D eigenvalue weighted by molar-refractivity contribution is 0.660. The molecule has 2 heteroatoms. The lowest BCUT2D eigenvalue weighted by Gasteiger charge is -2.29. The Hall–Kier alpha value is -6.22. The van der Waals surface area contributed by atoms with E-state index in [1.54, 1.807) is 0 Å². The summed E-state index contributed by atoms with van der Waals surface area (Å²) in [4.78, 5) is 2.51. The van der Waals surface area contributed by atoms with Crippen molar-refractivity contribution in [2.75, 3.05) is 4.90 Å². The predicted octanol–water partition coefficient (Wildman–Crippen LogP) is 15.5. The highest BCUT2D eigenvalue weighted by atomic mass is 32.1. The zero-order valence-corrected chi connectivity index (χ0v) is 32.9. The minimum atomic E-state index is -0.112. The van der Waals surface area contributed by atoms with E-state index in [1.807, 2.05) is 11.3 Å². The van der Waals surface area contributed by atoms with Crippen molar-refractivity contribution in [1.82, 2.24) is 0 Å². The first-order valence-electron chi connectivity index (χ1n) is 19.7. The first-order valence-corrected chi connectivity index (χ1v) is 20.5. The van der Waals surface area contributed by atoms with E-state index < -0.39 is 0 Å². The molecule has 0 spiro atoms. The summed E-state index contributed by atoms with van der Waals surface area (Å²) in [5.41, 5.74) is 19.1. The van der Waals surface area contributed by atoms with Crippen LogP contribution in [0.5, 0.6) is 0 Å². The van der Waals surface area contributed by atoms with Crippen LogP contribution in [0.4, 0.5) is 17.1 Å². The summed E-state index contributed by atoms with van der Waals surface area (Å²) >= 11 is 1.89. The fourth-order valence-electron chi connectivity index (χ4n) is 9.94. The molecule has 0 aliphatic heterocycles. The van der Waals surface area contributed by atoms with Crippen LogP contribution in [-0.4, -0.2) is 0 Å². The highest BCUT2D eigenvalue weighted by molar-refractivity contribution is 7.26. The first-order chi connectivity index (χ1) is 27.3. The maximum atomic E-state index is 2.51. The lowest BCUT2D eigenvalue weighted by Crippen LogP contribution is -2.16. The van der Waals surface area contributed by atoms with E-state index in [-0.39, 0.29) is 10.8 Å². The second-order valence-electron chi connectivity index (χ2n) is 16.5. The molecule has 9 aromatic rings. The van der Waals surface area contributed by atoms with Gasteiger partial charge in [0.15, 0.2) is 0 Å². The number of rotatable bonds is 5. The zero-order valence-electron chi connectivity index (χ0n) is 32.1. The van der Waals surface area contributed by atoms with Gasteiger partial charge in [-0.1, -0.05) is 167 Å². The van der Waals surface area contributed by atoms with Gasteiger partial charge in [-0.2, -0.15) is 0 Å². The SMILES string of the molecule is CC1(C)c2ccccc2-c2c(-c3cccc(N(c4cccc(-c5cccc6c5sc5ccccc56)c4)c4cccc5c4-c4ccccc4C5(C)C)c3)cccc21. The van der Waals surface area contributed by atoms with Crippen molar-refractivity contribution in [1.29, 1.82) is 0 Å². The Kier molecular flexibility index (Phi) is 7.18. The Morgan fingerprint density at radius 1 is 0.393 bits per heavy atom. The highest BCUT2D eigenvalue weighted by Crippen LogP contribution is 2.56. The molecular weight excluding hydrogens is 695 g/mol. The molecule has 8 aromatic carbocycles. The van der Waals surface area contributed by atoms with Gasteiger partial charge in [-0.15, -0.1) is 11.3 Å². The topological polar surface area (TPSA) is 3.24 Å². The summed E-state index contributed by atoms with van der Waals surface area (Å²) in [6.07, 6.45) is 0. The number of nitrogens with zero attached hydrogens (tertiary/aromatic N) is 1.